The van der Waals surface area contributed by atoms with Crippen molar-refractivity contribution >= 4 is 17.5 Å². The van der Waals surface area contributed by atoms with Crippen LogP contribution < -0.4 is 10.2 Å². The zero-order valence-electron chi connectivity index (χ0n) is 14.1. The predicted molar refractivity (Wildman–Crippen MR) is 94.7 cm³/mol. The van der Waals surface area contributed by atoms with Crippen LogP contribution in [0.5, 0.6) is 0 Å². The van der Waals surface area contributed by atoms with Gasteiger partial charge in [-0.3, -0.25) is 9.59 Å². The Morgan fingerprint density at radius 3 is 2.54 bits per heavy atom. The summed E-state index contributed by atoms with van der Waals surface area (Å²) in [4.78, 5) is 26.4. The van der Waals surface area contributed by atoms with Crippen molar-refractivity contribution in [3.63, 3.8) is 0 Å². The summed E-state index contributed by atoms with van der Waals surface area (Å²) < 4.78 is 0. The number of carbonyl (C=O) groups is 2. The van der Waals surface area contributed by atoms with Crippen molar-refractivity contribution < 1.29 is 9.59 Å². The summed E-state index contributed by atoms with van der Waals surface area (Å²) in [5.74, 6) is -0.334. The maximum Gasteiger partial charge on any atom is 0.227 e. The number of nitrogens with one attached hydrogen (secondary N) is 1. The molecular weight excluding hydrogens is 300 g/mol. The molecule has 0 aromatic heterocycles. The molecular formula is C20H22N2O2. The lowest BCUT2D eigenvalue weighted by Crippen LogP contribution is -2.32. The fourth-order valence-corrected chi connectivity index (χ4v) is 2.99. The molecule has 1 fully saturated rings. The number of amides is 2. The van der Waals surface area contributed by atoms with Crippen LogP contribution in [0.1, 0.15) is 23.1 Å². The zero-order valence-corrected chi connectivity index (χ0v) is 14.1. The van der Waals surface area contributed by atoms with Crippen molar-refractivity contribution in [3.05, 3.63) is 65.2 Å². The van der Waals surface area contributed by atoms with E-state index < -0.39 is 0 Å². The van der Waals surface area contributed by atoms with Gasteiger partial charge in [0.2, 0.25) is 11.8 Å². The van der Waals surface area contributed by atoms with E-state index in [1.54, 1.807) is 4.90 Å². The fourth-order valence-electron chi connectivity index (χ4n) is 2.99. The smallest absolute Gasteiger partial charge is 0.227 e. The molecule has 2 amide bonds. The number of aryl methyl sites for hydroxylation is 2. The summed E-state index contributed by atoms with van der Waals surface area (Å²) in [5, 5.41) is 2.97. The standard InChI is InChI=1S/C20H22N2O2/c1-14-7-9-18(10-8-14)22-13-17(11-19(22)23)20(24)21-12-16-6-4-3-5-15(16)2/h3-10,17H,11-13H2,1-2H3,(H,21,24). The quantitative estimate of drug-likeness (QED) is 0.941. The average molecular weight is 322 g/mol. The lowest BCUT2D eigenvalue weighted by molar-refractivity contribution is -0.126. The maximum absolute atomic E-state index is 12.4. The van der Waals surface area contributed by atoms with Crippen molar-refractivity contribution in [3.8, 4) is 0 Å². The van der Waals surface area contributed by atoms with Crippen LogP contribution in [0.3, 0.4) is 0 Å². The molecule has 24 heavy (non-hydrogen) atoms. The van der Waals surface area contributed by atoms with Gasteiger partial charge >= 0.3 is 0 Å². The average Bonchev–Trinajstić information content (AvgIpc) is 2.96. The third-order valence-electron chi connectivity index (χ3n) is 4.56. The van der Waals surface area contributed by atoms with Gasteiger partial charge in [0.1, 0.15) is 0 Å². The molecule has 4 nitrogen and oxygen atoms in total. The first-order valence-electron chi connectivity index (χ1n) is 8.24. The molecule has 3 rings (SSSR count). The topological polar surface area (TPSA) is 49.4 Å². The summed E-state index contributed by atoms with van der Waals surface area (Å²) in [6.07, 6.45) is 0.271. The molecule has 1 atom stereocenters. The first-order chi connectivity index (χ1) is 11.5. The molecule has 0 saturated carbocycles. The van der Waals surface area contributed by atoms with Gasteiger partial charge < -0.3 is 10.2 Å². The number of nitrogens with zero attached hydrogens (tertiary/aromatic N) is 1. The number of carbonyl (C=O) groups excluding carboxylic acids is 2. The highest BCUT2D eigenvalue weighted by molar-refractivity contribution is 6.00. The zero-order chi connectivity index (χ0) is 17.1. The van der Waals surface area contributed by atoms with Crippen molar-refractivity contribution in [2.24, 2.45) is 5.92 Å². The highest BCUT2D eigenvalue weighted by Crippen LogP contribution is 2.25. The van der Waals surface area contributed by atoms with E-state index in [1.807, 2.05) is 62.4 Å². The Hall–Kier alpha value is -2.62. The minimum atomic E-state index is -0.289. The normalized spacial score (nSPS) is 17.2. The van der Waals surface area contributed by atoms with E-state index in [2.05, 4.69) is 5.32 Å². The van der Waals surface area contributed by atoms with Gasteiger partial charge in [0.15, 0.2) is 0 Å². The minimum absolute atomic E-state index is 0.00916. The van der Waals surface area contributed by atoms with E-state index in [1.165, 1.54) is 0 Å². The molecule has 2 aromatic rings. The second kappa shape index (κ2) is 6.87. The number of hydrogen-bond acceptors (Lipinski definition) is 2. The van der Waals surface area contributed by atoms with Crippen LogP contribution in [0.4, 0.5) is 5.69 Å². The van der Waals surface area contributed by atoms with Gasteiger partial charge in [-0.15, -0.1) is 0 Å². The van der Waals surface area contributed by atoms with Gasteiger partial charge in [-0.2, -0.15) is 0 Å². The van der Waals surface area contributed by atoms with Gasteiger partial charge in [-0.1, -0.05) is 42.0 Å². The molecule has 1 heterocycles. The summed E-state index contributed by atoms with van der Waals surface area (Å²) in [6, 6.07) is 15.8. The van der Waals surface area contributed by atoms with Crippen molar-refractivity contribution in [1.29, 1.82) is 0 Å². The molecule has 1 aliphatic rings. The Morgan fingerprint density at radius 1 is 1.12 bits per heavy atom. The number of rotatable bonds is 4. The molecule has 1 aliphatic heterocycles. The molecule has 1 N–H and O–H groups in total. The summed E-state index contributed by atoms with van der Waals surface area (Å²) in [5.41, 5.74) is 4.27. The number of hydrogen-bond donors (Lipinski definition) is 1. The fraction of sp³-hybridized carbons (Fsp3) is 0.300. The van der Waals surface area contributed by atoms with Gasteiger partial charge in [-0.25, -0.2) is 0 Å². The summed E-state index contributed by atoms with van der Waals surface area (Å²) in [6.45, 7) is 4.99. The van der Waals surface area contributed by atoms with Gasteiger partial charge in [0.05, 0.1) is 5.92 Å². The van der Waals surface area contributed by atoms with Crippen LogP contribution >= 0.6 is 0 Å². The monoisotopic (exact) mass is 322 g/mol. The van der Waals surface area contributed by atoms with Crippen LogP contribution in [0, 0.1) is 19.8 Å². The summed E-state index contributed by atoms with van der Waals surface area (Å²) in [7, 11) is 0. The number of benzene rings is 2. The highest BCUT2D eigenvalue weighted by Gasteiger charge is 2.34. The first-order valence-corrected chi connectivity index (χ1v) is 8.24. The SMILES string of the molecule is Cc1ccc(N2CC(C(=O)NCc3ccccc3C)CC2=O)cc1. The molecule has 0 bridgehead atoms. The van der Waals surface area contributed by atoms with Crippen LogP contribution in [0.25, 0.3) is 0 Å². The molecule has 1 unspecified atom stereocenters. The number of anilines is 1. The molecule has 0 radical (unpaired) electrons. The predicted octanol–water partition coefficient (Wildman–Crippen LogP) is 2.97. The third kappa shape index (κ3) is 3.48. The minimum Gasteiger partial charge on any atom is -0.352 e. The van der Waals surface area contributed by atoms with E-state index in [0.717, 1.165) is 22.4 Å². The molecule has 2 aromatic carbocycles. The Morgan fingerprint density at radius 2 is 1.83 bits per heavy atom. The Kier molecular flexibility index (Phi) is 4.65. The molecule has 0 aliphatic carbocycles. The van der Waals surface area contributed by atoms with Crippen LogP contribution in [0.15, 0.2) is 48.5 Å². The first kappa shape index (κ1) is 16.2. The Balaban J connectivity index is 1.62. The highest BCUT2D eigenvalue weighted by atomic mass is 16.2. The van der Waals surface area contributed by atoms with Gasteiger partial charge in [0.25, 0.3) is 0 Å². The lowest BCUT2D eigenvalue weighted by Gasteiger charge is -2.17. The van der Waals surface area contributed by atoms with E-state index in [4.69, 9.17) is 0 Å². The maximum atomic E-state index is 12.4. The van der Waals surface area contributed by atoms with E-state index in [0.29, 0.717) is 13.1 Å². The van der Waals surface area contributed by atoms with Gasteiger partial charge in [-0.05, 0) is 37.1 Å². The Bertz CT molecular complexity index is 752. The summed E-state index contributed by atoms with van der Waals surface area (Å²) >= 11 is 0. The largest absolute Gasteiger partial charge is 0.352 e. The van der Waals surface area contributed by atoms with Crippen molar-refractivity contribution in [1.82, 2.24) is 5.32 Å². The van der Waals surface area contributed by atoms with Crippen LogP contribution in [-0.2, 0) is 16.1 Å². The molecule has 1 saturated heterocycles. The van der Waals surface area contributed by atoms with Crippen molar-refractivity contribution in [2.75, 3.05) is 11.4 Å². The van der Waals surface area contributed by atoms with Crippen LogP contribution in [0.2, 0.25) is 0 Å². The Labute approximate surface area is 142 Å². The molecule has 0 spiro atoms. The lowest BCUT2D eigenvalue weighted by atomic mass is 10.1. The second-order valence-electron chi connectivity index (χ2n) is 6.39. The van der Waals surface area contributed by atoms with Gasteiger partial charge in [0, 0.05) is 25.2 Å². The van der Waals surface area contributed by atoms with Crippen LogP contribution in [-0.4, -0.2) is 18.4 Å². The second-order valence-corrected chi connectivity index (χ2v) is 6.39. The van der Waals surface area contributed by atoms with E-state index in [-0.39, 0.29) is 24.2 Å². The molecule has 124 valence electrons. The van der Waals surface area contributed by atoms with E-state index in [9.17, 15) is 9.59 Å². The van der Waals surface area contributed by atoms with E-state index >= 15 is 0 Å². The third-order valence-corrected chi connectivity index (χ3v) is 4.56. The molecule has 4 heteroatoms. The van der Waals surface area contributed by atoms with Crippen molar-refractivity contribution in [2.45, 2.75) is 26.8 Å².